The summed E-state index contributed by atoms with van der Waals surface area (Å²) in [5, 5.41) is 12.4. The second-order valence-corrected chi connectivity index (χ2v) is 7.67. The third kappa shape index (κ3) is 4.20. The summed E-state index contributed by atoms with van der Waals surface area (Å²) in [7, 11) is 0. The van der Waals surface area contributed by atoms with Crippen LogP contribution >= 0.6 is 0 Å². The Morgan fingerprint density at radius 3 is 2.40 bits per heavy atom. The molecule has 0 radical (unpaired) electrons. The van der Waals surface area contributed by atoms with E-state index in [1.54, 1.807) is 6.07 Å². The van der Waals surface area contributed by atoms with Crippen molar-refractivity contribution in [3.8, 4) is 6.07 Å². The fourth-order valence-corrected chi connectivity index (χ4v) is 3.85. The summed E-state index contributed by atoms with van der Waals surface area (Å²) in [6.45, 7) is 10.0. The van der Waals surface area contributed by atoms with E-state index < -0.39 is 0 Å². The first-order valence-corrected chi connectivity index (χ1v) is 10.2. The summed E-state index contributed by atoms with van der Waals surface area (Å²) in [6, 6.07) is 18.1. The molecule has 0 unspecified atom stereocenters. The number of piperazine rings is 1. The molecule has 0 spiro atoms. The largest absolute Gasteiger partial charge is 0.368 e. The lowest BCUT2D eigenvalue weighted by atomic mass is 10.1. The Labute approximate surface area is 177 Å². The number of hydrogen-bond donors (Lipinski definition) is 1. The predicted octanol–water partition coefficient (Wildman–Crippen LogP) is 4.34. The maximum atomic E-state index is 9.11. The smallest absolute Gasteiger partial charge is 0.136 e. The molecule has 0 bridgehead atoms. The predicted molar refractivity (Wildman–Crippen MR) is 122 cm³/mol. The van der Waals surface area contributed by atoms with Crippen molar-refractivity contribution in [1.82, 2.24) is 9.97 Å². The van der Waals surface area contributed by atoms with Gasteiger partial charge in [-0.2, -0.15) is 5.26 Å². The number of anilines is 4. The maximum absolute atomic E-state index is 9.11. The fraction of sp³-hybridized carbons (Fsp3) is 0.292. The molecule has 2 heterocycles. The molecule has 0 amide bonds. The highest BCUT2D eigenvalue weighted by molar-refractivity contribution is 5.62. The van der Waals surface area contributed by atoms with Crippen molar-refractivity contribution in [2.45, 2.75) is 20.8 Å². The topological polar surface area (TPSA) is 68.1 Å². The second kappa shape index (κ2) is 8.42. The van der Waals surface area contributed by atoms with E-state index in [-0.39, 0.29) is 0 Å². The first kappa shape index (κ1) is 19.7. The van der Waals surface area contributed by atoms with Crippen LogP contribution < -0.4 is 15.1 Å². The third-order valence-corrected chi connectivity index (χ3v) is 5.61. The van der Waals surface area contributed by atoms with Gasteiger partial charge in [-0.05, 0) is 56.2 Å². The van der Waals surface area contributed by atoms with Gasteiger partial charge in [-0.25, -0.2) is 9.97 Å². The molecule has 0 aliphatic carbocycles. The molecule has 1 aromatic heterocycles. The number of benzene rings is 2. The van der Waals surface area contributed by atoms with Gasteiger partial charge in [0.2, 0.25) is 0 Å². The van der Waals surface area contributed by atoms with E-state index in [4.69, 9.17) is 5.26 Å². The minimum absolute atomic E-state index is 0.619. The first-order chi connectivity index (χ1) is 14.5. The Bertz CT molecular complexity index is 1090. The van der Waals surface area contributed by atoms with Gasteiger partial charge in [-0.3, -0.25) is 0 Å². The number of hydrogen-bond acceptors (Lipinski definition) is 6. The van der Waals surface area contributed by atoms with Crippen LogP contribution in [0.1, 0.15) is 22.5 Å². The van der Waals surface area contributed by atoms with Crippen LogP contribution in [-0.2, 0) is 0 Å². The standard InChI is InChI=1S/C24H26N6/c1-17-6-4-9-22(18(17)2)29-10-12-30(13-11-29)24-15-23(26-19(3)27-24)28-21-8-5-7-20(14-21)16-25/h4-9,14-15H,10-13H2,1-3H3,(H,26,27,28). The lowest BCUT2D eigenvalue weighted by Crippen LogP contribution is -2.47. The monoisotopic (exact) mass is 398 g/mol. The molecular formula is C24H26N6. The fourth-order valence-electron chi connectivity index (χ4n) is 3.85. The summed E-state index contributed by atoms with van der Waals surface area (Å²) in [6.07, 6.45) is 0. The molecule has 6 heteroatoms. The molecule has 1 saturated heterocycles. The van der Waals surface area contributed by atoms with Crippen molar-refractivity contribution in [3.05, 3.63) is 71.0 Å². The summed E-state index contributed by atoms with van der Waals surface area (Å²) < 4.78 is 0. The van der Waals surface area contributed by atoms with Gasteiger partial charge in [-0.1, -0.05) is 18.2 Å². The van der Waals surface area contributed by atoms with E-state index >= 15 is 0 Å². The average molecular weight is 399 g/mol. The van der Waals surface area contributed by atoms with Crippen molar-refractivity contribution < 1.29 is 0 Å². The Morgan fingerprint density at radius 2 is 1.63 bits per heavy atom. The minimum Gasteiger partial charge on any atom is -0.368 e. The van der Waals surface area contributed by atoms with Gasteiger partial charge >= 0.3 is 0 Å². The number of nitrogens with one attached hydrogen (secondary N) is 1. The zero-order chi connectivity index (χ0) is 21.1. The van der Waals surface area contributed by atoms with Crippen LogP contribution in [0.5, 0.6) is 0 Å². The maximum Gasteiger partial charge on any atom is 0.136 e. The highest BCUT2D eigenvalue weighted by atomic mass is 15.3. The van der Waals surface area contributed by atoms with Crippen LogP contribution in [-0.4, -0.2) is 36.1 Å². The molecule has 6 nitrogen and oxygen atoms in total. The number of aryl methyl sites for hydroxylation is 2. The Morgan fingerprint density at radius 1 is 0.900 bits per heavy atom. The molecule has 4 rings (SSSR count). The molecule has 1 fully saturated rings. The van der Waals surface area contributed by atoms with Crippen LogP contribution in [0.4, 0.5) is 23.0 Å². The average Bonchev–Trinajstić information content (AvgIpc) is 2.75. The lowest BCUT2D eigenvalue weighted by Gasteiger charge is -2.37. The normalized spacial score (nSPS) is 13.8. The number of rotatable bonds is 4. The van der Waals surface area contributed by atoms with E-state index in [1.807, 2.05) is 31.2 Å². The summed E-state index contributed by atoms with van der Waals surface area (Å²) in [5.41, 5.74) is 5.48. The number of nitrogens with zero attached hydrogens (tertiary/aromatic N) is 5. The quantitative estimate of drug-likeness (QED) is 0.705. The zero-order valence-electron chi connectivity index (χ0n) is 17.7. The van der Waals surface area contributed by atoms with Gasteiger partial charge < -0.3 is 15.1 Å². The van der Waals surface area contributed by atoms with Crippen molar-refractivity contribution in [1.29, 1.82) is 5.26 Å². The van der Waals surface area contributed by atoms with Crippen molar-refractivity contribution in [2.75, 3.05) is 41.3 Å². The molecule has 0 atom stereocenters. The summed E-state index contributed by atoms with van der Waals surface area (Å²) in [5.74, 6) is 2.40. The molecule has 2 aromatic carbocycles. The Hall–Kier alpha value is -3.59. The summed E-state index contributed by atoms with van der Waals surface area (Å²) in [4.78, 5) is 14.0. The van der Waals surface area contributed by atoms with Gasteiger partial charge in [0.25, 0.3) is 0 Å². The van der Waals surface area contributed by atoms with Gasteiger partial charge in [0.05, 0.1) is 11.6 Å². The molecule has 1 aliphatic heterocycles. The Kier molecular flexibility index (Phi) is 5.53. The van der Waals surface area contributed by atoms with Crippen molar-refractivity contribution >= 4 is 23.0 Å². The number of nitriles is 1. The third-order valence-electron chi connectivity index (χ3n) is 5.61. The van der Waals surface area contributed by atoms with Gasteiger partial charge in [0.1, 0.15) is 17.5 Å². The van der Waals surface area contributed by atoms with Gasteiger partial charge in [0, 0.05) is 43.6 Å². The molecule has 1 N–H and O–H groups in total. The first-order valence-electron chi connectivity index (χ1n) is 10.2. The molecule has 0 saturated carbocycles. The molecule has 152 valence electrons. The van der Waals surface area contributed by atoms with Crippen LogP contribution in [0.25, 0.3) is 0 Å². The Balaban J connectivity index is 1.48. The van der Waals surface area contributed by atoms with Gasteiger partial charge in [-0.15, -0.1) is 0 Å². The van der Waals surface area contributed by atoms with E-state index in [2.05, 4.69) is 63.2 Å². The zero-order valence-corrected chi connectivity index (χ0v) is 17.7. The second-order valence-electron chi connectivity index (χ2n) is 7.67. The highest BCUT2D eigenvalue weighted by Gasteiger charge is 2.20. The molecule has 1 aliphatic rings. The lowest BCUT2D eigenvalue weighted by molar-refractivity contribution is 0.644. The van der Waals surface area contributed by atoms with Gasteiger partial charge in [0.15, 0.2) is 0 Å². The molecule has 3 aromatic rings. The highest BCUT2D eigenvalue weighted by Crippen LogP contribution is 2.26. The van der Waals surface area contributed by atoms with E-state index in [0.29, 0.717) is 5.56 Å². The summed E-state index contributed by atoms with van der Waals surface area (Å²) >= 11 is 0. The van der Waals surface area contributed by atoms with Crippen LogP contribution in [0.3, 0.4) is 0 Å². The van der Waals surface area contributed by atoms with Crippen LogP contribution in [0, 0.1) is 32.1 Å². The minimum atomic E-state index is 0.619. The van der Waals surface area contributed by atoms with E-state index in [9.17, 15) is 0 Å². The van der Waals surface area contributed by atoms with Crippen molar-refractivity contribution in [3.63, 3.8) is 0 Å². The molecular weight excluding hydrogens is 372 g/mol. The van der Waals surface area contributed by atoms with Crippen molar-refractivity contribution in [2.24, 2.45) is 0 Å². The van der Waals surface area contributed by atoms with E-state index in [1.165, 1.54) is 16.8 Å². The SMILES string of the molecule is Cc1nc(Nc2cccc(C#N)c2)cc(N2CCN(c3cccc(C)c3C)CC2)n1. The molecule has 30 heavy (non-hydrogen) atoms. The number of aromatic nitrogens is 2. The van der Waals surface area contributed by atoms with Crippen LogP contribution in [0.15, 0.2) is 48.5 Å². The van der Waals surface area contributed by atoms with Crippen LogP contribution in [0.2, 0.25) is 0 Å². The van der Waals surface area contributed by atoms with E-state index in [0.717, 1.165) is 49.3 Å².